The zero-order valence-corrected chi connectivity index (χ0v) is 11.4. The molecule has 0 aromatic heterocycles. The Labute approximate surface area is 112 Å². The number of likely N-dealkylation sites (tertiary alicyclic amines) is 1. The summed E-state index contributed by atoms with van der Waals surface area (Å²) in [6.45, 7) is 1.89. The Bertz CT molecular complexity index is 410. The number of nitrogens with zero attached hydrogens (tertiary/aromatic N) is 1. The zero-order chi connectivity index (χ0) is 12.5. The van der Waals surface area contributed by atoms with E-state index in [2.05, 4.69) is 11.9 Å². The first kappa shape index (κ1) is 13.2. The van der Waals surface area contributed by atoms with Gasteiger partial charge in [-0.25, -0.2) is 0 Å². The Hall–Kier alpha value is -0.280. The summed E-state index contributed by atoms with van der Waals surface area (Å²) in [5.41, 5.74) is -0.0748. The quantitative estimate of drug-likeness (QED) is 0.849. The SMILES string of the molecule is CN1CCCC(O)(c2cccc(Cl)c2Cl)CC1. The lowest BCUT2D eigenvalue weighted by Gasteiger charge is -2.28. The van der Waals surface area contributed by atoms with Crippen molar-refractivity contribution in [2.24, 2.45) is 0 Å². The molecule has 1 atom stereocenters. The molecule has 0 radical (unpaired) electrons. The molecule has 1 fully saturated rings. The number of hydrogen-bond acceptors (Lipinski definition) is 2. The fourth-order valence-electron chi connectivity index (χ4n) is 2.39. The fourth-order valence-corrected chi connectivity index (χ4v) is 2.86. The third-order valence-electron chi connectivity index (χ3n) is 3.49. The zero-order valence-electron chi connectivity index (χ0n) is 9.92. The molecule has 1 aromatic rings. The van der Waals surface area contributed by atoms with E-state index in [0.29, 0.717) is 16.5 Å². The minimum absolute atomic E-state index is 0.487. The highest BCUT2D eigenvalue weighted by Crippen LogP contribution is 2.39. The molecule has 2 nitrogen and oxygen atoms in total. The second-order valence-electron chi connectivity index (χ2n) is 4.79. The van der Waals surface area contributed by atoms with Crippen LogP contribution in [0.4, 0.5) is 0 Å². The molecular formula is C13H17Cl2NO. The molecule has 1 saturated heterocycles. The smallest absolute Gasteiger partial charge is 0.0924 e. The lowest BCUT2D eigenvalue weighted by molar-refractivity contribution is 0.0219. The monoisotopic (exact) mass is 273 g/mol. The molecule has 1 N–H and O–H groups in total. The molecule has 1 heterocycles. The van der Waals surface area contributed by atoms with Crippen LogP contribution in [0.15, 0.2) is 18.2 Å². The summed E-state index contributed by atoms with van der Waals surface area (Å²) in [5.74, 6) is 0. The Morgan fingerprint density at radius 3 is 2.76 bits per heavy atom. The van der Waals surface area contributed by atoms with Crippen LogP contribution in [0, 0.1) is 0 Å². The molecule has 1 aliphatic rings. The van der Waals surface area contributed by atoms with E-state index in [1.54, 1.807) is 6.07 Å². The van der Waals surface area contributed by atoms with Crippen molar-refractivity contribution in [3.05, 3.63) is 33.8 Å². The van der Waals surface area contributed by atoms with Crippen molar-refractivity contribution in [1.29, 1.82) is 0 Å². The summed E-state index contributed by atoms with van der Waals surface area (Å²) < 4.78 is 0. The minimum Gasteiger partial charge on any atom is -0.385 e. The van der Waals surface area contributed by atoms with Crippen LogP contribution in [0.3, 0.4) is 0 Å². The first-order chi connectivity index (χ1) is 8.03. The summed E-state index contributed by atoms with van der Waals surface area (Å²) in [6.07, 6.45) is 2.40. The van der Waals surface area contributed by atoms with Gasteiger partial charge in [-0.05, 0) is 38.9 Å². The van der Waals surface area contributed by atoms with Gasteiger partial charge in [0.15, 0.2) is 0 Å². The maximum Gasteiger partial charge on any atom is 0.0924 e. The predicted octanol–water partition coefficient (Wildman–Crippen LogP) is 3.30. The average molecular weight is 274 g/mol. The normalized spacial score (nSPS) is 26.8. The van der Waals surface area contributed by atoms with Crippen molar-refractivity contribution in [2.45, 2.75) is 24.9 Å². The summed E-state index contributed by atoms with van der Waals surface area (Å²) >= 11 is 12.2. The van der Waals surface area contributed by atoms with E-state index in [1.807, 2.05) is 12.1 Å². The van der Waals surface area contributed by atoms with Crippen molar-refractivity contribution in [1.82, 2.24) is 4.90 Å². The summed E-state index contributed by atoms with van der Waals surface area (Å²) in [6, 6.07) is 5.47. The Kier molecular flexibility index (Phi) is 3.99. The van der Waals surface area contributed by atoms with E-state index in [4.69, 9.17) is 23.2 Å². The number of benzene rings is 1. The summed E-state index contributed by atoms with van der Waals surface area (Å²) in [7, 11) is 2.07. The second-order valence-corrected chi connectivity index (χ2v) is 5.57. The van der Waals surface area contributed by atoms with Crippen LogP contribution < -0.4 is 0 Å². The molecule has 17 heavy (non-hydrogen) atoms. The van der Waals surface area contributed by atoms with Gasteiger partial charge in [0.1, 0.15) is 0 Å². The van der Waals surface area contributed by atoms with Gasteiger partial charge in [-0.3, -0.25) is 0 Å². The van der Waals surface area contributed by atoms with Gasteiger partial charge in [-0.15, -0.1) is 0 Å². The fraction of sp³-hybridized carbons (Fsp3) is 0.538. The molecule has 0 amide bonds. The van der Waals surface area contributed by atoms with E-state index in [9.17, 15) is 5.11 Å². The van der Waals surface area contributed by atoms with Gasteiger partial charge >= 0.3 is 0 Å². The van der Waals surface area contributed by atoms with Crippen LogP contribution in [0.5, 0.6) is 0 Å². The first-order valence-electron chi connectivity index (χ1n) is 5.88. The van der Waals surface area contributed by atoms with Gasteiger partial charge in [0.05, 0.1) is 15.6 Å². The molecule has 0 saturated carbocycles. The lowest BCUT2D eigenvalue weighted by Crippen LogP contribution is -2.28. The van der Waals surface area contributed by atoms with Crippen molar-refractivity contribution < 1.29 is 5.11 Å². The van der Waals surface area contributed by atoms with Gasteiger partial charge in [0.2, 0.25) is 0 Å². The molecule has 0 bridgehead atoms. The molecule has 2 rings (SSSR count). The molecule has 94 valence electrons. The number of hydrogen-bond donors (Lipinski definition) is 1. The Balaban J connectivity index is 2.33. The second kappa shape index (κ2) is 5.15. The highest BCUT2D eigenvalue weighted by molar-refractivity contribution is 6.42. The van der Waals surface area contributed by atoms with Crippen molar-refractivity contribution >= 4 is 23.2 Å². The maximum atomic E-state index is 10.8. The predicted molar refractivity (Wildman–Crippen MR) is 71.7 cm³/mol. The van der Waals surface area contributed by atoms with Crippen LogP contribution in [0.1, 0.15) is 24.8 Å². The maximum absolute atomic E-state index is 10.8. The van der Waals surface area contributed by atoms with E-state index in [0.717, 1.165) is 31.5 Å². The third-order valence-corrected chi connectivity index (χ3v) is 4.31. The topological polar surface area (TPSA) is 23.5 Å². The Morgan fingerprint density at radius 1 is 1.24 bits per heavy atom. The third kappa shape index (κ3) is 2.76. The first-order valence-corrected chi connectivity index (χ1v) is 6.64. The number of halogens is 2. The van der Waals surface area contributed by atoms with E-state index in [1.165, 1.54) is 0 Å². The van der Waals surface area contributed by atoms with Crippen LogP contribution in [-0.2, 0) is 5.60 Å². The van der Waals surface area contributed by atoms with Gasteiger partial charge in [0.25, 0.3) is 0 Å². The van der Waals surface area contributed by atoms with Gasteiger partial charge in [0, 0.05) is 12.1 Å². The van der Waals surface area contributed by atoms with Crippen LogP contribution >= 0.6 is 23.2 Å². The van der Waals surface area contributed by atoms with Crippen molar-refractivity contribution in [3.63, 3.8) is 0 Å². The van der Waals surface area contributed by atoms with Crippen LogP contribution in [-0.4, -0.2) is 30.1 Å². The molecule has 4 heteroatoms. The molecule has 0 aliphatic carbocycles. The average Bonchev–Trinajstić information content (AvgIpc) is 2.46. The minimum atomic E-state index is -0.841. The van der Waals surface area contributed by atoms with E-state index < -0.39 is 5.60 Å². The molecule has 0 spiro atoms. The lowest BCUT2D eigenvalue weighted by atomic mass is 9.87. The van der Waals surface area contributed by atoms with E-state index >= 15 is 0 Å². The van der Waals surface area contributed by atoms with Crippen molar-refractivity contribution in [2.75, 3.05) is 20.1 Å². The highest BCUT2D eigenvalue weighted by Gasteiger charge is 2.33. The number of rotatable bonds is 1. The highest BCUT2D eigenvalue weighted by atomic mass is 35.5. The molecular weight excluding hydrogens is 257 g/mol. The molecule has 1 unspecified atom stereocenters. The van der Waals surface area contributed by atoms with Crippen molar-refractivity contribution in [3.8, 4) is 0 Å². The molecule has 1 aromatic carbocycles. The summed E-state index contributed by atoms with van der Waals surface area (Å²) in [4.78, 5) is 2.23. The van der Waals surface area contributed by atoms with Gasteiger partial charge in [-0.1, -0.05) is 35.3 Å². The van der Waals surface area contributed by atoms with Crippen LogP contribution in [0.25, 0.3) is 0 Å². The Morgan fingerprint density at radius 2 is 2.00 bits per heavy atom. The van der Waals surface area contributed by atoms with Crippen LogP contribution in [0.2, 0.25) is 10.0 Å². The molecule has 1 aliphatic heterocycles. The summed E-state index contributed by atoms with van der Waals surface area (Å²) in [5, 5.41) is 11.8. The number of aliphatic hydroxyl groups is 1. The largest absolute Gasteiger partial charge is 0.385 e. The van der Waals surface area contributed by atoms with Gasteiger partial charge < -0.3 is 10.0 Å². The van der Waals surface area contributed by atoms with Gasteiger partial charge in [-0.2, -0.15) is 0 Å². The van der Waals surface area contributed by atoms with E-state index in [-0.39, 0.29) is 0 Å². The standard InChI is InChI=1S/C13H17Cl2NO/c1-16-8-3-6-13(17,7-9-16)10-4-2-5-11(14)12(10)15/h2,4-5,17H,3,6-9H2,1H3.